The highest BCUT2D eigenvalue weighted by Crippen LogP contribution is 2.40. The van der Waals surface area contributed by atoms with Crippen LogP contribution in [0.25, 0.3) is 33.1 Å². The fraction of sp³-hybridized carbons (Fsp3) is 0.419. The maximum absolute atomic E-state index is 13.4. The van der Waals surface area contributed by atoms with Crippen LogP contribution in [0.4, 0.5) is 0 Å². The lowest BCUT2D eigenvalue weighted by atomic mass is 9.71. The Morgan fingerprint density at radius 2 is 1.89 bits per heavy atom. The van der Waals surface area contributed by atoms with Crippen LogP contribution in [0.5, 0.6) is 5.75 Å². The maximum Gasteiger partial charge on any atom is 0.340 e. The van der Waals surface area contributed by atoms with Crippen molar-refractivity contribution in [3.8, 4) is 16.9 Å². The lowest BCUT2D eigenvalue weighted by Crippen LogP contribution is -2.55. The number of benzene rings is 2. The third-order valence-corrected chi connectivity index (χ3v) is 8.85. The summed E-state index contributed by atoms with van der Waals surface area (Å²) in [5, 5.41) is 12.7. The van der Waals surface area contributed by atoms with E-state index in [1.807, 2.05) is 49.1 Å². The Hall–Kier alpha value is -3.58. The molecule has 1 saturated carbocycles. The molecule has 3 heterocycles. The fourth-order valence-electron chi connectivity index (χ4n) is 6.46. The van der Waals surface area contributed by atoms with E-state index in [0.29, 0.717) is 36.2 Å². The van der Waals surface area contributed by atoms with Gasteiger partial charge in [-0.15, -0.1) is 0 Å². The van der Waals surface area contributed by atoms with Gasteiger partial charge in [-0.3, -0.25) is 4.79 Å². The first-order chi connectivity index (χ1) is 18.3. The van der Waals surface area contributed by atoms with Gasteiger partial charge in [0.2, 0.25) is 5.91 Å². The van der Waals surface area contributed by atoms with Crippen LogP contribution in [-0.2, 0) is 11.2 Å². The number of ether oxygens (including phenoxy) is 1. The van der Waals surface area contributed by atoms with Gasteiger partial charge in [0.25, 0.3) is 0 Å². The third-order valence-electron chi connectivity index (χ3n) is 8.85. The fourth-order valence-corrected chi connectivity index (χ4v) is 6.46. The Balaban J connectivity index is 1.36. The monoisotopic (exact) mass is 515 g/mol. The number of likely N-dealkylation sites (tertiary alicyclic amines) is 1. The average Bonchev–Trinajstić information content (AvgIpc) is 3.35. The molecule has 7 heteroatoms. The molecule has 2 aromatic carbocycles. The van der Waals surface area contributed by atoms with Crippen LogP contribution in [0.2, 0.25) is 0 Å². The van der Waals surface area contributed by atoms with Crippen molar-refractivity contribution in [2.75, 3.05) is 20.2 Å². The summed E-state index contributed by atoms with van der Waals surface area (Å²) in [7, 11) is 1.64. The van der Waals surface area contributed by atoms with E-state index in [4.69, 9.17) is 13.6 Å². The largest absolute Gasteiger partial charge is 0.497 e. The molecule has 1 saturated heterocycles. The summed E-state index contributed by atoms with van der Waals surface area (Å²) < 4.78 is 17.0. The molecule has 6 rings (SSSR count). The Morgan fingerprint density at radius 3 is 2.66 bits per heavy atom. The molecule has 1 aliphatic heterocycles. The van der Waals surface area contributed by atoms with Gasteiger partial charge in [-0.2, -0.15) is 0 Å². The number of amides is 1. The van der Waals surface area contributed by atoms with Crippen molar-refractivity contribution in [3.05, 3.63) is 63.7 Å². The lowest BCUT2D eigenvalue weighted by molar-refractivity contribution is -0.142. The second-order valence-electron chi connectivity index (χ2n) is 10.9. The first-order valence-corrected chi connectivity index (χ1v) is 13.4. The van der Waals surface area contributed by atoms with Crippen LogP contribution in [-0.4, -0.2) is 41.7 Å². The maximum atomic E-state index is 13.4. The van der Waals surface area contributed by atoms with Gasteiger partial charge < -0.3 is 23.6 Å². The number of rotatable bonds is 4. The zero-order valence-corrected chi connectivity index (χ0v) is 22.1. The number of aryl methyl sites for hydroxylation is 2. The Labute approximate surface area is 221 Å². The molecule has 0 unspecified atom stereocenters. The Morgan fingerprint density at radius 1 is 1.11 bits per heavy atom. The van der Waals surface area contributed by atoms with E-state index in [2.05, 4.69) is 0 Å². The van der Waals surface area contributed by atoms with E-state index in [1.54, 1.807) is 13.4 Å². The number of furan rings is 1. The van der Waals surface area contributed by atoms with Crippen molar-refractivity contribution in [3.63, 3.8) is 0 Å². The van der Waals surface area contributed by atoms with Crippen molar-refractivity contribution in [1.29, 1.82) is 0 Å². The molecule has 198 valence electrons. The molecule has 7 nitrogen and oxygen atoms in total. The minimum atomic E-state index is -0.651. The van der Waals surface area contributed by atoms with Crippen molar-refractivity contribution in [2.45, 2.75) is 58.0 Å². The summed E-state index contributed by atoms with van der Waals surface area (Å²) in [5.74, 6) is 0.792. The van der Waals surface area contributed by atoms with Crippen LogP contribution < -0.4 is 10.4 Å². The summed E-state index contributed by atoms with van der Waals surface area (Å²) in [6, 6.07) is 9.78. The van der Waals surface area contributed by atoms with Crippen LogP contribution in [0.1, 0.15) is 48.8 Å². The van der Waals surface area contributed by atoms with Crippen molar-refractivity contribution >= 4 is 27.8 Å². The van der Waals surface area contributed by atoms with E-state index < -0.39 is 11.2 Å². The molecule has 38 heavy (non-hydrogen) atoms. The van der Waals surface area contributed by atoms with Crippen LogP contribution in [0, 0.1) is 19.8 Å². The molecule has 0 radical (unpaired) electrons. The third kappa shape index (κ3) is 4.00. The molecule has 4 aromatic rings. The second kappa shape index (κ2) is 9.31. The summed E-state index contributed by atoms with van der Waals surface area (Å²) in [5.41, 5.74) is 3.83. The van der Waals surface area contributed by atoms with Gasteiger partial charge >= 0.3 is 5.63 Å². The molecule has 2 aliphatic rings. The topological polar surface area (TPSA) is 93.1 Å². The van der Waals surface area contributed by atoms with E-state index in [1.165, 1.54) is 0 Å². The summed E-state index contributed by atoms with van der Waals surface area (Å²) >= 11 is 0. The van der Waals surface area contributed by atoms with Gasteiger partial charge in [0.05, 0.1) is 31.0 Å². The molecule has 1 N–H and O–H groups in total. The molecular formula is C31H33NO6. The number of piperidine rings is 1. The summed E-state index contributed by atoms with van der Waals surface area (Å²) in [6.07, 6.45) is 6.19. The number of carbonyl (C=O) groups excluding carboxylic acids is 1. The predicted molar refractivity (Wildman–Crippen MR) is 146 cm³/mol. The molecular weight excluding hydrogens is 482 g/mol. The van der Waals surface area contributed by atoms with E-state index >= 15 is 0 Å². The molecule has 2 fully saturated rings. The predicted octanol–water partition coefficient (Wildman–Crippen LogP) is 5.53. The van der Waals surface area contributed by atoms with Crippen LogP contribution in [0.15, 0.2) is 50.2 Å². The number of fused-ring (bicyclic) bond motifs is 3. The number of nitrogens with zero attached hydrogens (tertiary/aromatic N) is 1. The second-order valence-corrected chi connectivity index (χ2v) is 10.9. The highest BCUT2D eigenvalue weighted by atomic mass is 16.5. The van der Waals surface area contributed by atoms with E-state index in [-0.39, 0.29) is 18.2 Å². The van der Waals surface area contributed by atoms with Gasteiger partial charge in [0, 0.05) is 40.9 Å². The highest BCUT2D eigenvalue weighted by molar-refractivity contribution is 6.05. The number of carbonyl (C=O) groups is 1. The minimum Gasteiger partial charge on any atom is -0.497 e. The molecule has 0 bridgehead atoms. The molecule has 1 amide bonds. The zero-order chi connectivity index (χ0) is 26.6. The number of hydrogen-bond donors (Lipinski definition) is 1. The van der Waals surface area contributed by atoms with Crippen LogP contribution >= 0.6 is 0 Å². The first-order valence-electron chi connectivity index (χ1n) is 13.4. The zero-order valence-electron chi connectivity index (χ0n) is 22.1. The van der Waals surface area contributed by atoms with Gasteiger partial charge in [-0.05, 0) is 62.4 Å². The lowest BCUT2D eigenvalue weighted by Gasteiger charge is -2.47. The van der Waals surface area contributed by atoms with E-state index in [0.717, 1.165) is 64.5 Å². The van der Waals surface area contributed by atoms with Crippen molar-refractivity contribution in [1.82, 2.24) is 4.90 Å². The quantitative estimate of drug-likeness (QED) is 0.360. The Bertz CT molecular complexity index is 1600. The number of aliphatic hydroxyl groups is 1. The van der Waals surface area contributed by atoms with Crippen molar-refractivity contribution < 1.29 is 23.5 Å². The Kier molecular flexibility index (Phi) is 6.06. The standard InChI is InChI=1S/C31H33NO6/c1-18-23-14-25-26(20-7-9-22(36-3)10-8-20)17-37-28(25)19(2)29(23)38-30(34)24(18)15-27(33)32-13-12-31(35)11-5-4-6-21(31)16-32/h7-10,14,17,21,35H,4-6,11-13,15-16H2,1-3H3/t21-,31+/m1/s1. The van der Waals surface area contributed by atoms with Gasteiger partial charge in [0.15, 0.2) is 0 Å². The normalized spacial score (nSPS) is 21.6. The SMILES string of the molecule is COc1ccc(-c2coc3c(C)c4oc(=O)c(CC(=O)N5CC[C@@]6(O)CCCC[C@@H]6C5)c(C)c4cc23)cc1. The smallest absolute Gasteiger partial charge is 0.340 e. The molecule has 0 spiro atoms. The molecule has 2 atom stereocenters. The average molecular weight is 516 g/mol. The van der Waals surface area contributed by atoms with Gasteiger partial charge in [-0.1, -0.05) is 25.0 Å². The van der Waals surface area contributed by atoms with E-state index in [9.17, 15) is 14.7 Å². The number of methoxy groups -OCH3 is 1. The first kappa shape index (κ1) is 24.7. The van der Waals surface area contributed by atoms with Crippen LogP contribution in [0.3, 0.4) is 0 Å². The number of hydrogen-bond acceptors (Lipinski definition) is 6. The van der Waals surface area contributed by atoms with Crippen molar-refractivity contribution in [2.24, 2.45) is 5.92 Å². The molecule has 2 aromatic heterocycles. The molecule has 1 aliphatic carbocycles. The van der Waals surface area contributed by atoms with Gasteiger partial charge in [0.1, 0.15) is 16.9 Å². The highest BCUT2D eigenvalue weighted by Gasteiger charge is 2.43. The minimum absolute atomic E-state index is 0.0108. The summed E-state index contributed by atoms with van der Waals surface area (Å²) in [4.78, 5) is 28.3. The van der Waals surface area contributed by atoms with Gasteiger partial charge in [-0.25, -0.2) is 4.79 Å². The summed E-state index contributed by atoms with van der Waals surface area (Å²) in [6.45, 7) is 4.84.